The van der Waals surface area contributed by atoms with Crippen LogP contribution in [0.1, 0.15) is 15.9 Å². The summed E-state index contributed by atoms with van der Waals surface area (Å²) in [4.78, 5) is 21.9. The third-order valence-electron chi connectivity index (χ3n) is 5.07. The van der Waals surface area contributed by atoms with Crippen LogP contribution in [0.5, 0.6) is 11.5 Å². The number of para-hydroxylation sites is 1. The lowest BCUT2D eigenvalue weighted by Gasteiger charge is -2.12. The molecule has 1 N–H and O–H groups in total. The molecule has 1 amide bonds. The van der Waals surface area contributed by atoms with Crippen molar-refractivity contribution in [3.8, 4) is 22.8 Å². The zero-order valence-electron chi connectivity index (χ0n) is 17.5. The van der Waals surface area contributed by atoms with Gasteiger partial charge in [0.15, 0.2) is 11.5 Å². The second-order valence-corrected chi connectivity index (χ2v) is 7.01. The number of methoxy groups -OCH3 is 2. The first-order chi connectivity index (χ1) is 15.2. The third-order valence-corrected chi connectivity index (χ3v) is 5.07. The fraction of sp³-hybridized carbons (Fsp3) is 0.160. The van der Waals surface area contributed by atoms with Crippen LogP contribution in [0.2, 0.25) is 0 Å². The lowest BCUT2D eigenvalue weighted by atomic mass is 10.0. The number of pyridine rings is 2. The molecule has 2 aromatic heterocycles. The van der Waals surface area contributed by atoms with Crippen molar-refractivity contribution in [3.63, 3.8) is 0 Å². The average molecular weight is 413 g/mol. The molecule has 2 aromatic carbocycles. The van der Waals surface area contributed by atoms with Gasteiger partial charge in [0.05, 0.1) is 31.0 Å². The molecule has 156 valence electrons. The molecule has 4 rings (SSSR count). The summed E-state index contributed by atoms with van der Waals surface area (Å²) in [6, 6.07) is 19.0. The van der Waals surface area contributed by atoms with Crippen LogP contribution in [-0.2, 0) is 6.42 Å². The molecule has 4 aromatic rings. The molecule has 31 heavy (non-hydrogen) atoms. The number of nitrogens with one attached hydrogen (secondary N) is 1. The molecule has 6 nitrogen and oxygen atoms in total. The first-order valence-electron chi connectivity index (χ1n) is 9.99. The molecule has 0 saturated carbocycles. The molecule has 0 fully saturated rings. The summed E-state index contributed by atoms with van der Waals surface area (Å²) in [6.07, 6.45) is 4.13. The SMILES string of the molecule is COc1ccc(CCNC(=O)c2cc(-c3cccnc3)nc3ccccc23)cc1OC. The summed E-state index contributed by atoms with van der Waals surface area (Å²) < 4.78 is 10.6. The van der Waals surface area contributed by atoms with Crippen LogP contribution < -0.4 is 14.8 Å². The standard InChI is InChI=1S/C25H23N3O3/c1-30-23-10-9-17(14-24(23)31-2)11-13-27-25(29)20-15-22(18-6-5-12-26-16-18)28-21-8-4-3-7-19(20)21/h3-10,12,14-16H,11,13H2,1-2H3,(H,27,29). The van der Waals surface area contributed by atoms with Gasteiger partial charge in [-0.1, -0.05) is 24.3 Å². The van der Waals surface area contributed by atoms with E-state index in [-0.39, 0.29) is 5.91 Å². The fourth-order valence-corrected chi connectivity index (χ4v) is 3.48. The Labute approximate surface area is 180 Å². The number of nitrogens with zero attached hydrogens (tertiary/aromatic N) is 2. The molecule has 0 radical (unpaired) electrons. The van der Waals surface area contributed by atoms with Gasteiger partial charge in [-0.3, -0.25) is 9.78 Å². The minimum atomic E-state index is -0.135. The normalized spacial score (nSPS) is 10.6. The molecule has 0 saturated heterocycles. The highest BCUT2D eigenvalue weighted by atomic mass is 16.5. The number of hydrogen-bond donors (Lipinski definition) is 1. The second kappa shape index (κ2) is 9.26. The topological polar surface area (TPSA) is 73.3 Å². The van der Waals surface area contributed by atoms with Crippen molar-refractivity contribution >= 4 is 16.8 Å². The highest BCUT2D eigenvalue weighted by molar-refractivity contribution is 6.07. The van der Waals surface area contributed by atoms with Gasteiger partial charge in [-0.15, -0.1) is 0 Å². The van der Waals surface area contributed by atoms with Gasteiger partial charge in [0, 0.05) is 29.9 Å². The van der Waals surface area contributed by atoms with E-state index < -0.39 is 0 Å². The van der Waals surface area contributed by atoms with E-state index in [1.165, 1.54) is 0 Å². The van der Waals surface area contributed by atoms with Gasteiger partial charge in [0.25, 0.3) is 5.91 Å². The smallest absolute Gasteiger partial charge is 0.252 e. The summed E-state index contributed by atoms with van der Waals surface area (Å²) in [7, 11) is 3.22. The lowest BCUT2D eigenvalue weighted by molar-refractivity contribution is 0.0955. The number of hydrogen-bond acceptors (Lipinski definition) is 5. The summed E-state index contributed by atoms with van der Waals surface area (Å²) >= 11 is 0. The number of aromatic nitrogens is 2. The van der Waals surface area contributed by atoms with E-state index in [1.54, 1.807) is 26.6 Å². The Morgan fingerprint density at radius 2 is 1.81 bits per heavy atom. The van der Waals surface area contributed by atoms with E-state index >= 15 is 0 Å². The van der Waals surface area contributed by atoms with Crippen molar-refractivity contribution in [1.29, 1.82) is 0 Å². The van der Waals surface area contributed by atoms with Crippen LogP contribution in [-0.4, -0.2) is 36.6 Å². The van der Waals surface area contributed by atoms with Crippen molar-refractivity contribution in [2.75, 3.05) is 20.8 Å². The maximum Gasteiger partial charge on any atom is 0.252 e. The van der Waals surface area contributed by atoms with E-state index in [2.05, 4.69) is 10.3 Å². The van der Waals surface area contributed by atoms with Crippen molar-refractivity contribution in [2.45, 2.75) is 6.42 Å². The minimum absolute atomic E-state index is 0.135. The predicted molar refractivity (Wildman–Crippen MR) is 121 cm³/mol. The Morgan fingerprint density at radius 1 is 0.968 bits per heavy atom. The first kappa shape index (κ1) is 20.3. The number of carbonyl (C=O) groups excluding carboxylic acids is 1. The van der Waals surface area contributed by atoms with Crippen LogP contribution in [0.3, 0.4) is 0 Å². The Balaban J connectivity index is 1.55. The Morgan fingerprint density at radius 3 is 2.58 bits per heavy atom. The molecular formula is C25H23N3O3. The number of fused-ring (bicyclic) bond motifs is 1. The van der Waals surface area contributed by atoms with Crippen molar-refractivity contribution in [1.82, 2.24) is 15.3 Å². The Kier molecular flexibility index (Phi) is 6.08. The molecule has 6 heteroatoms. The molecule has 0 atom stereocenters. The Hall–Kier alpha value is -3.93. The van der Waals surface area contributed by atoms with E-state index in [4.69, 9.17) is 14.5 Å². The van der Waals surface area contributed by atoms with E-state index in [9.17, 15) is 4.79 Å². The lowest BCUT2D eigenvalue weighted by Crippen LogP contribution is -2.26. The maximum absolute atomic E-state index is 13.1. The van der Waals surface area contributed by atoms with Gasteiger partial charge in [-0.25, -0.2) is 4.98 Å². The zero-order chi connectivity index (χ0) is 21.6. The summed E-state index contributed by atoms with van der Waals surface area (Å²) in [5.41, 5.74) is 4.00. The number of amides is 1. The monoisotopic (exact) mass is 413 g/mol. The van der Waals surface area contributed by atoms with Crippen LogP contribution in [0.25, 0.3) is 22.2 Å². The van der Waals surface area contributed by atoms with Gasteiger partial charge < -0.3 is 14.8 Å². The molecular weight excluding hydrogens is 390 g/mol. The van der Waals surface area contributed by atoms with Crippen molar-refractivity contribution in [2.24, 2.45) is 0 Å². The number of benzene rings is 2. The number of ether oxygens (including phenoxy) is 2. The average Bonchev–Trinajstić information content (AvgIpc) is 2.83. The second-order valence-electron chi connectivity index (χ2n) is 7.01. The summed E-state index contributed by atoms with van der Waals surface area (Å²) in [5.74, 6) is 1.22. The van der Waals surface area contributed by atoms with E-state index in [1.807, 2.05) is 60.7 Å². The van der Waals surface area contributed by atoms with Crippen molar-refractivity contribution < 1.29 is 14.3 Å². The largest absolute Gasteiger partial charge is 0.493 e. The van der Waals surface area contributed by atoms with Crippen molar-refractivity contribution in [3.05, 3.63) is 84.2 Å². The summed E-state index contributed by atoms with van der Waals surface area (Å²) in [6.45, 7) is 0.493. The predicted octanol–water partition coefficient (Wildman–Crippen LogP) is 4.29. The Bertz CT molecular complexity index is 1210. The zero-order valence-corrected chi connectivity index (χ0v) is 17.5. The molecule has 0 aliphatic rings. The maximum atomic E-state index is 13.1. The van der Waals surface area contributed by atoms with Gasteiger partial charge in [0.1, 0.15) is 0 Å². The van der Waals surface area contributed by atoms with Crippen LogP contribution >= 0.6 is 0 Å². The number of carbonyl (C=O) groups is 1. The third kappa shape index (κ3) is 4.48. The first-order valence-corrected chi connectivity index (χ1v) is 9.99. The van der Waals surface area contributed by atoms with Gasteiger partial charge >= 0.3 is 0 Å². The molecule has 0 bridgehead atoms. The van der Waals surface area contributed by atoms with Gasteiger partial charge in [-0.05, 0) is 48.4 Å². The molecule has 0 aliphatic carbocycles. The highest BCUT2D eigenvalue weighted by Crippen LogP contribution is 2.28. The van der Waals surface area contributed by atoms with Crippen LogP contribution in [0.4, 0.5) is 0 Å². The fourth-order valence-electron chi connectivity index (χ4n) is 3.48. The van der Waals surface area contributed by atoms with Crippen LogP contribution in [0, 0.1) is 0 Å². The number of rotatable bonds is 7. The van der Waals surface area contributed by atoms with Crippen LogP contribution in [0.15, 0.2) is 73.1 Å². The molecule has 2 heterocycles. The van der Waals surface area contributed by atoms with E-state index in [0.717, 1.165) is 27.7 Å². The van der Waals surface area contributed by atoms with Gasteiger partial charge in [0.2, 0.25) is 0 Å². The minimum Gasteiger partial charge on any atom is -0.493 e. The molecule has 0 aliphatic heterocycles. The molecule has 0 unspecified atom stereocenters. The summed E-state index contributed by atoms with van der Waals surface area (Å²) in [5, 5.41) is 3.85. The molecule has 0 spiro atoms. The quantitative estimate of drug-likeness (QED) is 0.489. The highest BCUT2D eigenvalue weighted by Gasteiger charge is 2.14. The van der Waals surface area contributed by atoms with Gasteiger partial charge in [-0.2, -0.15) is 0 Å². The van der Waals surface area contributed by atoms with E-state index in [0.29, 0.717) is 30.0 Å².